The van der Waals surface area contributed by atoms with E-state index in [1.54, 1.807) is 19.1 Å². The molecule has 2 aromatic carbocycles. The van der Waals surface area contributed by atoms with Crippen LogP contribution in [0.15, 0.2) is 59.8 Å². The quantitative estimate of drug-likeness (QED) is 0.458. The number of carbonyl (C=O) groups is 1. The maximum atomic E-state index is 12.5. The Morgan fingerprint density at radius 1 is 1.22 bits per heavy atom. The summed E-state index contributed by atoms with van der Waals surface area (Å²) in [6, 6.07) is 19.0. The number of amides is 1. The van der Waals surface area contributed by atoms with Crippen LogP contribution in [0, 0.1) is 17.2 Å². The summed E-state index contributed by atoms with van der Waals surface area (Å²) >= 11 is 7.43. The van der Waals surface area contributed by atoms with Crippen LogP contribution in [-0.2, 0) is 11.4 Å². The Hall–Kier alpha value is -3.02. The zero-order chi connectivity index (χ0) is 23.1. The van der Waals surface area contributed by atoms with Crippen LogP contribution < -0.4 is 10.1 Å². The first-order valence-corrected chi connectivity index (χ1v) is 11.4. The second-order valence-electron chi connectivity index (χ2n) is 7.59. The summed E-state index contributed by atoms with van der Waals surface area (Å²) in [6.45, 7) is 5.66. The van der Waals surface area contributed by atoms with E-state index in [4.69, 9.17) is 16.3 Å². The van der Waals surface area contributed by atoms with Crippen molar-refractivity contribution < 1.29 is 9.53 Å². The van der Waals surface area contributed by atoms with Crippen molar-refractivity contribution in [1.29, 1.82) is 5.26 Å². The van der Waals surface area contributed by atoms with Crippen LogP contribution in [0.1, 0.15) is 26.6 Å². The van der Waals surface area contributed by atoms with E-state index < -0.39 is 5.54 Å². The summed E-state index contributed by atoms with van der Waals surface area (Å²) in [7, 11) is 0. The molecule has 32 heavy (non-hydrogen) atoms. The first-order valence-electron chi connectivity index (χ1n) is 10.1. The van der Waals surface area contributed by atoms with Gasteiger partial charge in [-0.25, -0.2) is 0 Å². The maximum Gasteiger partial charge on any atom is 0.231 e. The lowest BCUT2D eigenvalue weighted by Crippen LogP contribution is -2.49. The molecule has 0 saturated carbocycles. The van der Waals surface area contributed by atoms with Crippen LogP contribution in [0.3, 0.4) is 0 Å². The number of nitriles is 1. The molecule has 0 aliphatic rings. The number of nitrogens with one attached hydrogen (secondary N) is 1. The molecule has 7 nitrogen and oxygen atoms in total. The molecule has 3 rings (SSSR count). The van der Waals surface area contributed by atoms with Crippen molar-refractivity contribution in [3.05, 3.63) is 65.4 Å². The van der Waals surface area contributed by atoms with Crippen LogP contribution in [0.25, 0.3) is 5.69 Å². The van der Waals surface area contributed by atoms with E-state index in [1.807, 2.05) is 60.9 Å². The minimum atomic E-state index is -0.932. The molecule has 0 aliphatic heterocycles. The van der Waals surface area contributed by atoms with Gasteiger partial charge in [0.2, 0.25) is 5.91 Å². The van der Waals surface area contributed by atoms with Crippen LogP contribution in [0.2, 0.25) is 5.02 Å². The lowest BCUT2D eigenvalue weighted by atomic mass is 9.90. The molecule has 0 spiro atoms. The smallest absolute Gasteiger partial charge is 0.231 e. The lowest BCUT2D eigenvalue weighted by molar-refractivity contribution is -0.120. The summed E-state index contributed by atoms with van der Waals surface area (Å²) in [5.41, 5.74) is -0.0826. The first-order chi connectivity index (χ1) is 15.3. The van der Waals surface area contributed by atoms with Gasteiger partial charge in [-0.3, -0.25) is 9.36 Å². The Labute approximate surface area is 196 Å². The molecule has 0 saturated heterocycles. The van der Waals surface area contributed by atoms with E-state index >= 15 is 0 Å². The standard InChI is InChI=1S/C23H24ClN5O2S/c1-16(2)23(3,15-25)26-21(30)14-32-22-28-27-20(29(22)17-9-5-4-6-10-17)13-31-19-12-8-7-11-18(19)24/h4-12,16H,13-14H2,1-3H3,(H,26,30). The van der Waals surface area contributed by atoms with Crippen molar-refractivity contribution in [2.24, 2.45) is 5.92 Å². The number of nitrogens with zero attached hydrogens (tertiary/aromatic N) is 4. The zero-order valence-corrected chi connectivity index (χ0v) is 19.7. The minimum Gasteiger partial charge on any atom is -0.484 e. The summed E-state index contributed by atoms with van der Waals surface area (Å²) in [5, 5.41) is 21.9. The molecular formula is C23H24ClN5O2S. The monoisotopic (exact) mass is 469 g/mol. The lowest BCUT2D eigenvalue weighted by Gasteiger charge is -2.27. The summed E-state index contributed by atoms with van der Waals surface area (Å²) in [4.78, 5) is 12.5. The fourth-order valence-corrected chi connectivity index (χ4v) is 3.75. The van der Waals surface area contributed by atoms with Gasteiger partial charge in [0.05, 0.1) is 16.8 Å². The summed E-state index contributed by atoms with van der Waals surface area (Å²) in [5.74, 6) is 0.950. The number of hydrogen-bond acceptors (Lipinski definition) is 6. The Kier molecular flexibility index (Phi) is 7.78. The van der Waals surface area contributed by atoms with E-state index in [9.17, 15) is 10.1 Å². The van der Waals surface area contributed by atoms with Gasteiger partial charge in [0, 0.05) is 5.69 Å². The number of hydrogen-bond donors (Lipinski definition) is 1. The fraction of sp³-hybridized carbons (Fsp3) is 0.304. The SMILES string of the molecule is CC(C)C(C)(C#N)NC(=O)CSc1nnc(COc2ccccc2Cl)n1-c1ccccc1. The molecule has 1 unspecified atom stereocenters. The number of carbonyl (C=O) groups excluding carboxylic acids is 1. The molecule has 9 heteroatoms. The summed E-state index contributed by atoms with van der Waals surface area (Å²) < 4.78 is 7.70. The van der Waals surface area contributed by atoms with Crippen molar-refractivity contribution in [1.82, 2.24) is 20.1 Å². The molecular weight excluding hydrogens is 446 g/mol. The molecule has 0 aliphatic carbocycles. The van der Waals surface area contributed by atoms with E-state index in [0.29, 0.717) is 21.8 Å². The molecule has 0 bridgehead atoms. The van der Waals surface area contributed by atoms with E-state index in [2.05, 4.69) is 21.6 Å². The van der Waals surface area contributed by atoms with Crippen molar-refractivity contribution in [2.75, 3.05) is 5.75 Å². The normalized spacial score (nSPS) is 12.8. The number of para-hydroxylation sites is 2. The number of rotatable bonds is 9. The van der Waals surface area contributed by atoms with Crippen LogP contribution in [0.4, 0.5) is 0 Å². The zero-order valence-electron chi connectivity index (χ0n) is 18.1. The number of halogens is 1. The van der Waals surface area contributed by atoms with Gasteiger partial charge in [-0.05, 0) is 37.1 Å². The Morgan fingerprint density at radius 3 is 2.56 bits per heavy atom. The van der Waals surface area contributed by atoms with Crippen LogP contribution >= 0.6 is 23.4 Å². The third-order valence-corrected chi connectivity index (χ3v) is 6.27. The van der Waals surface area contributed by atoms with Crippen molar-refractivity contribution in [3.63, 3.8) is 0 Å². The molecule has 3 aromatic rings. The molecule has 166 valence electrons. The Morgan fingerprint density at radius 2 is 1.91 bits per heavy atom. The summed E-state index contributed by atoms with van der Waals surface area (Å²) in [6.07, 6.45) is 0. The largest absolute Gasteiger partial charge is 0.484 e. The molecule has 1 aromatic heterocycles. The molecule has 1 heterocycles. The second-order valence-corrected chi connectivity index (χ2v) is 8.94. The van der Waals surface area contributed by atoms with Gasteiger partial charge in [0.25, 0.3) is 0 Å². The van der Waals surface area contributed by atoms with Crippen molar-refractivity contribution in [3.8, 4) is 17.5 Å². The highest BCUT2D eigenvalue weighted by Crippen LogP contribution is 2.26. The number of aromatic nitrogens is 3. The third kappa shape index (κ3) is 5.61. The maximum absolute atomic E-state index is 12.5. The van der Waals surface area contributed by atoms with E-state index in [0.717, 1.165) is 5.69 Å². The van der Waals surface area contributed by atoms with Crippen molar-refractivity contribution in [2.45, 2.75) is 38.1 Å². The third-order valence-electron chi connectivity index (χ3n) is 5.03. The van der Waals surface area contributed by atoms with Gasteiger partial charge in [-0.15, -0.1) is 10.2 Å². The van der Waals surface area contributed by atoms with Gasteiger partial charge < -0.3 is 10.1 Å². The minimum absolute atomic E-state index is 0.0250. The topological polar surface area (TPSA) is 92.8 Å². The van der Waals surface area contributed by atoms with Gasteiger partial charge in [-0.1, -0.05) is 67.5 Å². The molecule has 1 amide bonds. The predicted octanol–water partition coefficient (Wildman–Crippen LogP) is 4.65. The highest BCUT2D eigenvalue weighted by Gasteiger charge is 2.30. The average molecular weight is 470 g/mol. The highest BCUT2D eigenvalue weighted by atomic mass is 35.5. The van der Waals surface area contributed by atoms with E-state index in [-0.39, 0.29) is 24.2 Å². The van der Waals surface area contributed by atoms with E-state index in [1.165, 1.54) is 11.8 Å². The van der Waals surface area contributed by atoms with Crippen LogP contribution in [-0.4, -0.2) is 32.0 Å². The Bertz CT molecular complexity index is 1110. The number of benzene rings is 2. The van der Waals surface area contributed by atoms with Crippen LogP contribution in [0.5, 0.6) is 5.75 Å². The fourth-order valence-electron chi connectivity index (χ4n) is 2.78. The Balaban J connectivity index is 1.78. The van der Waals surface area contributed by atoms with Gasteiger partial charge in [0.15, 0.2) is 11.0 Å². The number of thioether (sulfide) groups is 1. The predicted molar refractivity (Wildman–Crippen MR) is 125 cm³/mol. The molecule has 1 N–H and O–H groups in total. The number of ether oxygens (including phenoxy) is 1. The highest BCUT2D eigenvalue weighted by molar-refractivity contribution is 7.99. The molecule has 1 atom stereocenters. The van der Waals surface area contributed by atoms with Crippen molar-refractivity contribution >= 4 is 29.3 Å². The van der Waals surface area contributed by atoms with Gasteiger partial charge in [0.1, 0.15) is 17.9 Å². The second kappa shape index (κ2) is 10.5. The average Bonchev–Trinajstić information content (AvgIpc) is 3.20. The molecule has 0 fully saturated rings. The van der Waals surface area contributed by atoms with Gasteiger partial charge >= 0.3 is 0 Å². The van der Waals surface area contributed by atoms with Gasteiger partial charge in [-0.2, -0.15) is 5.26 Å². The molecule has 0 radical (unpaired) electrons. The first kappa shape index (κ1) is 23.6.